The fraction of sp³-hybridized carbons (Fsp3) is 0.333. The van der Waals surface area contributed by atoms with Crippen molar-refractivity contribution >= 4 is 11.8 Å². The molecule has 21 heavy (non-hydrogen) atoms. The van der Waals surface area contributed by atoms with E-state index in [0.29, 0.717) is 10.7 Å². The topological polar surface area (TPSA) is 57.8 Å². The second-order valence-electron chi connectivity index (χ2n) is 4.76. The van der Waals surface area contributed by atoms with E-state index >= 15 is 0 Å². The van der Waals surface area contributed by atoms with Gasteiger partial charge < -0.3 is 10.3 Å². The van der Waals surface area contributed by atoms with Gasteiger partial charge in [0.15, 0.2) is 5.16 Å². The third-order valence-electron chi connectivity index (χ3n) is 3.12. The first-order valence-electron chi connectivity index (χ1n) is 6.78. The fourth-order valence-corrected chi connectivity index (χ4v) is 3.08. The number of rotatable bonds is 5. The summed E-state index contributed by atoms with van der Waals surface area (Å²) in [6.07, 6.45) is 1.46. The van der Waals surface area contributed by atoms with Crippen LogP contribution in [-0.4, -0.2) is 16.5 Å². The highest BCUT2D eigenvalue weighted by molar-refractivity contribution is 7.99. The van der Waals surface area contributed by atoms with Gasteiger partial charge in [-0.25, -0.2) is 9.37 Å². The van der Waals surface area contributed by atoms with Gasteiger partial charge >= 0.3 is 0 Å². The molecule has 2 rings (SSSR count). The molecule has 112 valence electrons. The van der Waals surface area contributed by atoms with Gasteiger partial charge in [-0.1, -0.05) is 18.7 Å². The lowest BCUT2D eigenvalue weighted by molar-refractivity contribution is 0.571. The molecular weight excluding hydrogens is 289 g/mol. The number of nitrogens with zero attached hydrogens (tertiary/aromatic N) is 1. The van der Waals surface area contributed by atoms with Crippen molar-refractivity contribution in [3.8, 4) is 0 Å². The molecule has 4 nitrogen and oxygen atoms in total. The van der Waals surface area contributed by atoms with Crippen molar-refractivity contribution in [2.24, 2.45) is 0 Å². The van der Waals surface area contributed by atoms with Crippen LogP contribution in [0.2, 0.25) is 0 Å². The first kappa shape index (κ1) is 15.7. The zero-order chi connectivity index (χ0) is 15.4. The Bertz CT molecular complexity index is 687. The number of hydrogen-bond acceptors (Lipinski definition) is 4. The van der Waals surface area contributed by atoms with Crippen LogP contribution in [0, 0.1) is 12.7 Å². The summed E-state index contributed by atoms with van der Waals surface area (Å²) in [5.74, 6) is -0.228. The third kappa shape index (κ3) is 3.92. The van der Waals surface area contributed by atoms with Crippen molar-refractivity contribution in [3.63, 3.8) is 0 Å². The number of aryl methyl sites for hydroxylation is 1. The Balaban J connectivity index is 2.41. The minimum atomic E-state index is -0.228. The largest absolute Gasteiger partial charge is 0.310 e. The van der Waals surface area contributed by atoms with Crippen molar-refractivity contribution in [3.05, 3.63) is 51.7 Å². The lowest BCUT2D eigenvalue weighted by Crippen LogP contribution is -2.18. The standard InChI is InChI=1S/C15H18FN3OS/c1-4-17-10(3)11-8-12(16)9(2)7-13(11)21-15-18-6-5-14(20)19-15/h5-8,10,17H,4H2,1-3H3,(H,18,19,20). The van der Waals surface area contributed by atoms with Gasteiger partial charge in [-0.05, 0) is 43.7 Å². The molecule has 1 heterocycles. The number of nitrogens with one attached hydrogen (secondary N) is 2. The summed E-state index contributed by atoms with van der Waals surface area (Å²) in [7, 11) is 0. The van der Waals surface area contributed by atoms with Crippen molar-refractivity contribution in [2.75, 3.05) is 6.54 Å². The second kappa shape index (κ2) is 6.87. The Hall–Kier alpha value is -1.66. The SMILES string of the molecule is CCNC(C)c1cc(F)c(C)cc1Sc1nccc(=O)[nH]1. The number of aromatic nitrogens is 2. The molecule has 0 aliphatic carbocycles. The monoisotopic (exact) mass is 307 g/mol. The molecule has 0 aliphatic heterocycles. The average molecular weight is 307 g/mol. The van der Waals surface area contributed by atoms with Crippen LogP contribution in [0.4, 0.5) is 4.39 Å². The van der Waals surface area contributed by atoms with E-state index in [9.17, 15) is 9.18 Å². The maximum absolute atomic E-state index is 13.9. The highest BCUT2D eigenvalue weighted by atomic mass is 32.2. The zero-order valence-corrected chi connectivity index (χ0v) is 13.1. The number of hydrogen-bond donors (Lipinski definition) is 2. The number of halogens is 1. The van der Waals surface area contributed by atoms with Crippen LogP contribution in [0.3, 0.4) is 0 Å². The van der Waals surface area contributed by atoms with Gasteiger partial charge in [0.05, 0.1) is 0 Å². The first-order valence-corrected chi connectivity index (χ1v) is 7.59. The normalized spacial score (nSPS) is 12.4. The molecule has 0 radical (unpaired) electrons. The van der Waals surface area contributed by atoms with Gasteiger partial charge in [-0.15, -0.1) is 0 Å². The molecule has 2 N–H and O–H groups in total. The second-order valence-corrected chi connectivity index (χ2v) is 5.79. The molecule has 0 saturated carbocycles. The highest BCUT2D eigenvalue weighted by Crippen LogP contribution is 2.33. The van der Waals surface area contributed by atoms with E-state index in [1.165, 1.54) is 24.0 Å². The van der Waals surface area contributed by atoms with Gasteiger partial charge in [0.1, 0.15) is 5.82 Å². The smallest absolute Gasteiger partial charge is 0.251 e. The summed E-state index contributed by atoms with van der Waals surface area (Å²) in [4.78, 5) is 19.0. The number of benzene rings is 1. The Kier molecular flexibility index (Phi) is 5.14. The molecule has 6 heteroatoms. The van der Waals surface area contributed by atoms with Gasteiger partial charge in [-0.3, -0.25) is 4.79 Å². The minimum Gasteiger partial charge on any atom is -0.310 e. The maximum atomic E-state index is 13.9. The quantitative estimate of drug-likeness (QED) is 0.834. The molecular formula is C15H18FN3OS. The van der Waals surface area contributed by atoms with Crippen LogP contribution in [0.15, 0.2) is 39.2 Å². The minimum absolute atomic E-state index is 0.0167. The van der Waals surface area contributed by atoms with E-state index in [1.807, 2.05) is 13.8 Å². The summed E-state index contributed by atoms with van der Waals surface area (Å²) in [6, 6.07) is 4.72. The first-order chi connectivity index (χ1) is 10.0. The van der Waals surface area contributed by atoms with E-state index < -0.39 is 0 Å². The predicted octanol–water partition coefficient (Wildman–Crippen LogP) is 3.04. The van der Waals surface area contributed by atoms with Gasteiger partial charge in [0.2, 0.25) is 0 Å². The van der Waals surface area contributed by atoms with Crippen LogP contribution >= 0.6 is 11.8 Å². The molecule has 0 bridgehead atoms. The van der Waals surface area contributed by atoms with Crippen LogP contribution < -0.4 is 10.9 Å². The van der Waals surface area contributed by atoms with Crippen LogP contribution in [0.25, 0.3) is 0 Å². The van der Waals surface area contributed by atoms with Crippen molar-refractivity contribution in [2.45, 2.75) is 36.9 Å². The van der Waals surface area contributed by atoms with Crippen LogP contribution in [0.5, 0.6) is 0 Å². The molecule has 0 amide bonds. The molecule has 1 aromatic heterocycles. The molecule has 1 atom stereocenters. The maximum Gasteiger partial charge on any atom is 0.251 e. The van der Waals surface area contributed by atoms with Crippen molar-refractivity contribution in [1.82, 2.24) is 15.3 Å². The Morgan fingerprint density at radius 3 is 2.90 bits per heavy atom. The Morgan fingerprint density at radius 2 is 2.24 bits per heavy atom. The highest BCUT2D eigenvalue weighted by Gasteiger charge is 2.15. The van der Waals surface area contributed by atoms with E-state index in [-0.39, 0.29) is 17.4 Å². The molecule has 0 fully saturated rings. The van der Waals surface area contributed by atoms with Gasteiger partial charge in [-0.2, -0.15) is 0 Å². The van der Waals surface area contributed by atoms with E-state index in [1.54, 1.807) is 19.1 Å². The van der Waals surface area contributed by atoms with E-state index in [0.717, 1.165) is 17.0 Å². The van der Waals surface area contributed by atoms with Crippen LogP contribution in [-0.2, 0) is 0 Å². The number of H-pyrrole nitrogens is 1. The summed E-state index contributed by atoms with van der Waals surface area (Å²) >= 11 is 1.33. The molecule has 1 unspecified atom stereocenters. The fourth-order valence-electron chi connectivity index (χ4n) is 2.02. The van der Waals surface area contributed by atoms with Gasteiger partial charge in [0.25, 0.3) is 5.56 Å². The average Bonchev–Trinajstić information content (AvgIpc) is 2.43. The molecule has 1 aromatic carbocycles. The van der Waals surface area contributed by atoms with Crippen LogP contribution in [0.1, 0.15) is 31.0 Å². The number of aromatic amines is 1. The summed E-state index contributed by atoms with van der Waals surface area (Å²) in [5, 5.41) is 3.77. The summed E-state index contributed by atoms with van der Waals surface area (Å²) in [6.45, 7) is 6.51. The Labute approximate surface area is 127 Å². The molecule has 2 aromatic rings. The lowest BCUT2D eigenvalue weighted by atomic mass is 10.1. The third-order valence-corrected chi connectivity index (χ3v) is 4.10. The van der Waals surface area contributed by atoms with Crippen molar-refractivity contribution < 1.29 is 4.39 Å². The Morgan fingerprint density at radius 1 is 1.48 bits per heavy atom. The van der Waals surface area contributed by atoms with E-state index in [2.05, 4.69) is 15.3 Å². The summed E-state index contributed by atoms with van der Waals surface area (Å²) < 4.78 is 13.9. The van der Waals surface area contributed by atoms with Crippen molar-refractivity contribution in [1.29, 1.82) is 0 Å². The molecule has 0 spiro atoms. The summed E-state index contributed by atoms with van der Waals surface area (Å²) in [5.41, 5.74) is 1.23. The van der Waals surface area contributed by atoms with Gasteiger partial charge in [0, 0.05) is 23.2 Å². The molecule has 0 aliphatic rings. The lowest BCUT2D eigenvalue weighted by Gasteiger charge is -2.17. The predicted molar refractivity (Wildman–Crippen MR) is 82.2 cm³/mol. The zero-order valence-electron chi connectivity index (χ0n) is 12.2. The van der Waals surface area contributed by atoms with E-state index in [4.69, 9.17) is 0 Å². The molecule has 0 saturated heterocycles.